The third-order valence-corrected chi connectivity index (χ3v) is 4.98. The summed E-state index contributed by atoms with van der Waals surface area (Å²) in [5.41, 5.74) is 2.68. The average Bonchev–Trinajstić information content (AvgIpc) is 2.81. The molecule has 2 aliphatic heterocycles. The molecule has 1 amide bonds. The smallest absolute Gasteiger partial charge is 0.272 e. The lowest BCUT2D eigenvalue weighted by atomic mass is 9.98. The number of amides is 1. The van der Waals surface area contributed by atoms with E-state index in [1.165, 1.54) is 0 Å². The van der Waals surface area contributed by atoms with E-state index in [9.17, 15) is 4.79 Å². The normalized spacial score (nSPS) is 24.2. The molecular weight excluding hydrogens is 308 g/mol. The molecule has 0 aromatic carbocycles. The van der Waals surface area contributed by atoms with E-state index in [0.29, 0.717) is 19.2 Å². The zero-order valence-corrected chi connectivity index (χ0v) is 15.3. The third-order valence-electron chi connectivity index (χ3n) is 4.98. The van der Waals surface area contributed by atoms with Crippen LogP contribution in [0.1, 0.15) is 41.7 Å². The Morgan fingerprint density at radius 1 is 1.38 bits per heavy atom. The van der Waals surface area contributed by atoms with Crippen molar-refractivity contribution in [1.29, 1.82) is 0 Å². The average molecular weight is 336 g/mol. The lowest BCUT2D eigenvalue weighted by Crippen LogP contribution is -2.59. The minimum atomic E-state index is -0.0787. The molecule has 1 fully saturated rings. The van der Waals surface area contributed by atoms with E-state index in [0.717, 1.165) is 36.5 Å². The van der Waals surface area contributed by atoms with Crippen molar-refractivity contribution >= 4 is 5.91 Å². The highest BCUT2D eigenvalue weighted by Gasteiger charge is 2.38. The van der Waals surface area contributed by atoms with Gasteiger partial charge >= 0.3 is 0 Å². The summed E-state index contributed by atoms with van der Waals surface area (Å²) in [4.78, 5) is 17.2. The van der Waals surface area contributed by atoms with Crippen molar-refractivity contribution in [3.8, 4) is 0 Å². The van der Waals surface area contributed by atoms with Gasteiger partial charge in [-0.15, -0.1) is 0 Å². The van der Waals surface area contributed by atoms with E-state index in [2.05, 4.69) is 24.1 Å². The molecule has 134 valence electrons. The zero-order valence-electron chi connectivity index (χ0n) is 15.3. The zero-order chi connectivity index (χ0) is 17.4. The first kappa shape index (κ1) is 17.4. The van der Waals surface area contributed by atoms with Crippen LogP contribution in [0.15, 0.2) is 0 Å². The Morgan fingerprint density at radius 3 is 2.71 bits per heavy atom. The van der Waals surface area contributed by atoms with Crippen LogP contribution in [0.4, 0.5) is 0 Å². The molecule has 1 saturated heterocycles. The number of likely N-dealkylation sites (tertiary alicyclic amines) is 1. The van der Waals surface area contributed by atoms with Crippen LogP contribution in [-0.2, 0) is 22.4 Å². The van der Waals surface area contributed by atoms with Gasteiger partial charge in [-0.2, -0.15) is 5.10 Å². The summed E-state index contributed by atoms with van der Waals surface area (Å²) in [7, 11) is 5.77. The number of methoxy groups -OCH3 is 1. The van der Waals surface area contributed by atoms with E-state index in [1.54, 1.807) is 7.11 Å². The first-order valence-electron chi connectivity index (χ1n) is 8.62. The highest BCUT2D eigenvalue weighted by Crippen LogP contribution is 2.32. The van der Waals surface area contributed by atoms with Crippen LogP contribution in [0, 0.1) is 0 Å². The fourth-order valence-corrected chi connectivity index (χ4v) is 3.47. The number of hydrogen-bond donors (Lipinski definition) is 0. The number of hydrogen-bond acceptors (Lipinski definition) is 5. The molecule has 0 radical (unpaired) electrons. The van der Waals surface area contributed by atoms with Crippen molar-refractivity contribution in [1.82, 2.24) is 19.6 Å². The fraction of sp³-hybridized carbons (Fsp3) is 0.765. The van der Waals surface area contributed by atoms with Crippen LogP contribution in [0.25, 0.3) is 0 Å². The van der Waals surface area contributed by atoms with Gasteiger partial charge in [-0.05, 0) is 27.9 Å². The van der Waals surface area contributed by atoms with Crippen molar-refractivity contribution in [2.24, 2.45) is 0 Å². The first-order valence-corrected chi connectivity index (χ1v) is 8.62. The molecule has 7 nitrogen and oxygen atoms in total. The monoisotopic (exact) mass is 336 g/mol. The number of carbonyl (C=O) groups excluding carboxylic acids is 1. The maximum absolute atomic E-state index is 13.1. The van der Waals surface area contributed by atoms with Gasteiger partial charge in [0.1, 0.15) is 5.69 Å². The van der Waals surface area contributed by atoms with E-state index >= 15 is 0 Å². The van der Waals surface area contributed by atoms with Crippen LogP contribution in [0.3, 0.4) is 0 Å². The molecule has 24 heavy (non-hydrogen) atoms. The van der Waals surface area contributed by atoms with Gasteiger partial charge in [-0.3, -0.25) is 9.48 Å². The van der Waals surface area contributed by atoms with Crippen molar-refractivity contribution in [2.75, 3.05) is 40.9 Å². The second kappa shape index (κ2) is 6.82. The van der Waals surface area contributed by atoms with Crippen LogP contribution in [0.2, 0.25) is 0 Å². The molecule has 0 bridgehead atoms. The van der Waals surface area contributed by atoms with Gasteiger partial charge in [-0.1, -0.05) is 0 Å². The Balaban J connectivity index is 1.89. The van der Waals surface area contributed by atoms with Crippen LogP contribution >= 0.6 is 0 Å². The molecule has 2 aliphatic rings. The number of likely N-dealkylation sites (N-methyl/N-ethyl adjacent to an activating group) is 1. The van der Waals surface area contributed by atoms with Gasteiger partial charge in [0.25, 0.3) is 5.91 Å². The maximum atomic E-state index is 13.1. The molecule has 0 aliphatic carbocycles. The molecule has 0 saturated carbocycles. The quantitative estimate of drug-likeness (QED) is 0.801. The molecule has 7 heteroatoms. The van der Waals surface area contributed by atoms with Gasteiger partial charge in [-0.25, -0.2) is 0 Å². The van der Waals surface area contributed by atoms with Gasteiger partial charge in [0.15, 0.2) is 0 Å². The molecule has 3 rings (SSSR count). The van der Waals surface area contributed by atoms with Crippen molar-refractivity contribution in [3.05, 3.63) is 17.0 Å². The van der Waals surface area contributed by atoms with Crippen molar-refractivity contribution in [3.63, 3.8) is 0 Å². The molecule has 1 aromatic heterocycles. The molecule has 0 unspecified atom stereocenters. The first-order chi connectivity index (χ1) is 11.4. The van der Waals surface area contributed by atoms with E-state index in [4.69, 9.17) is 9.47 Å². The molecule has 0 spiro atoms. The molecule has 1 aromatic rings. The SMILES string of the molecule is COCCn1nc2c(c1C(=O)N1CC(N(C)C)C1)C[C@H](C)O[C@@H]2C. The summed E-state index contributed by atoms with van der Waals surface area (Å²) in [6.45, 7) is 6.71. The second-order valence-electron chi connectivity index (χ2n) is 7.05. The Hall–Kier alpha value is -1.44. The Morgan fingerprint density at radius 2 is 2.08 bits per heavy atom. The van der Waals surface area contributed by atoms with E-state index < -0.39 is 0 Å². The van der Waals surface area contributed by atoms with Gasteiger partial charge in [0.2, 0.25) is 0 Å². The summed E-state index contributed by atoms with van der Waals surface area (Å²) < 4.78 is 12.9. The predicted octanol–water partition coefficient (Wildman–Crippen LogP) is 0.938. The second-order valence-corrected chi connectivity index (χ2v) is 7.05. The standard InChI is InChI=1S/C17H28N4O3/c1-11-8-14-15(12(2)24-11)18-21(6-7-23-5)16(14)17(22)20-9-13(10-20)19(3)4/h11-13H,6-10H2,1-5H3/t11-,12+/m0/s1. The summed E-state index contributed by atoms with van der Waals surface area (Å²) >= 11 is 0. The van der Waals surface area contributed by atoms with Gasteiger partial charge in [0.05, 0.1) is 31.1 Å². The van der Waals surface area contributed by atoms with Crippen molar-refractivity contribution in [2.45, 2.75) is 45.1 Å². The minimum absolute atomic E-state index is 0.0787. The third kappa shape index (κ3) is 3.08. The summed E-state index contributed by atoms with van der Waals surface area (Å²) in [6.07, 6.45) is 0.758. The predicted molar refractivity (Wildman–Crippen MR) is 90.1 cm³/mol. The topological polar surface area (TPSA) is 59.8 Å². The Bertz CT molecular complexity index is 607. The van der Waals surface area contributed by atoms with E-state index in [-0.39, 0.29) is 18.1 Å². The highest BCUT2D eigenvalue weighted by atomic mass is 16.5. The number of aromatic nitrogens is 2. The number of nitrogens with zero attached hydrogens (tertiary/aromatic N) is 4. The largest absolute Gasteiger partial charge is 0.383 e. The fourth-order valence-electron chi connectivity index (χ4n) is 3.47. The summed E-state index contributed by atoms with van der Waals surface area (Å²) in [5.74, 6) is 0.0826. The van der Waals surface area contributed by atoms with Crippen LogP contribution < -0.4 is 0 Å². The van der Waals surface area contributed by atoms with Gasteiger partial charge in [0, 0.05) is 38.2 Å². The lowest BCUT2D eigenvalue weighted by Gasteiger charge is -2.42. The van der Waals surface area contributed by atoms with Crippen LogP contribution in [-0.4, -0.2) is 78.5 Å². The molecule has 3 heterocycles. The number of ether oxygens (including phenoxy) is 2. The summed E-state index contributed by atoms with van der Waals surface area (Å²) in [6, 6.07) is 0.446. The maximum Gasteiger partial charge on any atom is 0.272 e. The van der Waals surface area contributed by atoms with Crippen molar-refractivity contribution < 1.29 is 14.3 Å². The highest BCUT2D eigenvalue weighted by molar-refractivity contribution is 5.95. The Labute approximate surface area is 143 Å². The molecule has 2 atom stereocenters. The lowest BCUT2D eigenvalue weighted by molar-refractivity contribution is -0.00728. The number of fused-ring (bicyclic) bond motifs is 1. The Kier molecular flexibility index (Phi) is 4.94. The minimum Gasteiger partial charge on any atom is -0.383 e. The summed E-state index contributed by atoms with van der Waals surface area (Å²) in [5, 5.41) is 4.67. The van der Waals surface area contributed by atoms with Crippen LogP contribution in [0.5, 0.6) is 0 Å². The van der Waals surface area contributed by atoms with E-state index in [1.807, 2.05) is 23.4 Å². The number of carbonyl (C=O) groups is 1. The number of rotatable bonds is 5. The molecule has 0 N–H and O–H groups in total. The molecular formula is C17H28N4O3. The van der Waals surface area contributed by atoms with Gasteiger partial charge < -0.3 is 19.3 Å².